The summed E-state index contributed by atoms with van der Waals surface area (Å²) in [5.41, 5.74) is 0.988. The molecule has 1 aliphatic carbocycles. The number of hydrogen-bond acceptors (Lipinski definition) is 3. The van der Waals surface area contributed by atoms with Gasteiger partial charge in [0, 0.05) is 44.3 Å². The van der Waals surface area contributed by atoms with Crippen molar-refractivity contribution in [2.45, 2.75) is 50.6 Å². The van der Waals surface area contributed by atoms with Crippen molar-refractivity contribution in [3.05, 3.63) is 30.1 Å². The van der Waals surface area contributed by atoms with Gasteiger partial charge >= 0.3 is 0 Å². The topological polar surface area (TPSA) is 43.9 Å². The van der Waals surface area contributed by atoms with E-state index in [1.807, 2.05) is 9.80 Å². The van der Waals surface area contributed by atoms with E-state index in [1.165, 1.54) is 12.1 Å². The van der Waals surface area contributed by atoms with Crippen molar-refractivity contribution in [3.63, 3.8) is 0 Å². The van der Waals surface area contributed by atoms with Crippen molar-refractivity contribution in [2.24, 2.45) is 0 Å². The molecule has 1 aromatic rings. The summed E-state index contributed by atoms with van der Waals surface area (Å²) in [6.45, 7) is 2.78. The minimum atomic E-state index is -0.261. The van der Waals surface area contributed by atoms with Gasteiger partial charge in [-0.05, 0) is 43.5 Å². The first-order valence-corrected chi connectivity index (χ1v) is 9.74. The zero-order valence-corrected chi connectivity index (χ0v) is 15.1. The summed E-state index contributed by atoms with van der Waals surface area (Å²) in [6.07, 6.45) is 5.55. The van der Waals surface area contributed by atoms with Crippen LogP contribution in [0.4, 0.5) is 10.1 Å². The highest BCUT2D eigenvalue weighted by Crippen LogP contribution is 2.32. The van der Waals surface area contributed by atoms with E-state index in [1.54, 1.807) is 12.1 Å². The van der Waals surface area contributed by atoms with E-state index in [2.05, 4.69) is 4.90 Å². The van der Waals surface area contributed by atoms with Crippen molar-refractivity contribution in [1.82, 2.24) is 9.80 Å². The molecule has 6 heteroatoms. The van der Waals surface area contributed by atoms with E-state index in [0.29, 0.717) is 25.9 Å². The lowest BCUT2D eigenvalue weighted by atomic mass is 10.1. The molecule has 1 aromatic carbocycles. The number of rotatable bonds is 3. The van der Waals surface area contributed by atoms with Gasteiger partial charge in [-0.15, -0.1) is 0 Å². The lowest BCUT2D eigenvalue weighted by Crippen LogP contribution is -2.55. The van der Waals surface area contributed by atoms with E-state index in [9.17, 15) is 14.0 Å². The molecule has 0 unspecified atom stereocenters. The van der Waals surface area contributed by atoms with Gasteiger partial charge in [0.05, 0.1) is 0 Å². The summed E-state index contributed by atoms with van der Waals surface area (Å²) in [7, 11) is 0. The number of halogens is 1. The van der Waals surface area contributed by atoms with Gasteiger partial charge in [-0.3, -0.25) is 9.59 Å². The molecule has 2 aliphatic heterocycles. The molecule has 2 heterocycles. The third-order valence-electron chi connectivity index (χ3n) is 6.04. The fourth-order valence-corrected chi connectivity index (χ4v) is 4.63. The summed E-state index contributed by atoms with van der Waals surface area (Å²) >= 11 is 0. The second kappa shape index (κ2) is 7.25. The van der Waals surface area contributed by atoms with Crippen molar-refractivity contribution < 1.29 is 14.0 Å². The van der Waals surface area contributed by atoms with Crippen LogP contribution in [0.1, 0.15) is 38.5 Å². The molecule has 2 amide bonds. The Bertz CT molecular complexity index is 664. The third kappa shape index (κ3) is 3.29. The number of nitrogens with zero attached hydrogens (tertiary/aromatic N) is 3. The summed E-state index contributed by atoms with van der Waals surface area (Å²) in [6, 6.07) is 6.50. The van der Waals surface area contributed by atoms with E-state index in [-0.39, 0.29) is 29.7 Å². The average Bonchev–Trinajstić information content (AvgIpc) is 3.31. The SMILES string of the molecule is O=C([C@@H]1CCC(=O)N1C1CCCC1)N1CCN(c2ccc(F)cc2)CC1. The van der Waals surface area contributed by atoms with Gasteiger partial charge in [-0.1, -0.05) is 12.8 Å². The molecule has 0 N–H and O–H groups in total. The molecule has 1 atom stereocenters. The Balaban J connectivity index is 1.38. The first-order valence-electron chi connectivity index (χ1n) is 9.74. The van der Waals surface area contributed by atoms with Gasteiger partial charge in [0.15, 0.2) is 0 Å². The Labute approximate surface area is 153 Å². The van der Waals surface area contributed by atoms with Crippen molar-refractivity contribution in [2.75, 3.05) is 31.1 Å². The highest BCUT2D eigenvalue weighted by atomic mass is 19.1. The van der Waals surface area contributed by atoms with Gasteiger partial charge in [0.25, 0.3) is 0 Å². The Hall–Kier alpha value is -2.11. The number of benzene rings is 1. The molecule has 26 heavy (non-hydrogen) atoms. The predicted octanol–water partition coefficient (Wildman–Crippen LogP) is 2.41. The van der Waals surface area contributed by atoms with Crippen LogP contribution in [0.2, 0.25) is 0 Å². The van der Waals surface area contributed by atoms with Crippen molar-refractivity contribution in [3.8, 4) is 0 Å². The van der Waals surface area contributed by atoms with Gasteiger partial charge in [0.1, 0.15) is 11.9 Å². The maximum Gasteiger partial charge on any atom is 0.245 e. The van der Waals surface area contributed by atoms with Gasteiger partial charge in [0.2, 0.25) is 11.8 Å². The van der Waals surface area contributed by atoms with Crippen LogP contribution in [-0.2, 0) is 9.59 Å². The highest BCUT2D eigenvalue weighted by molar-refractivity contribution is 5.91. The van der Waals surface area contributed by atoms with E-state index >= 15 is 0 Å². The number of amides is 2. The quantitative estimate of drug-likeness (QED) is 0.832. The minimum absolute atomic E-state index is 0.113. The second-order valence-electron chi connectivity index (χ2n) is 7.58. The standard InChI is InChI=1S/C20H26FN3O2/c21-15-5-7-16(8-6-15)22-11-13-23(14-12-22)20(26)18-9-10-19(25)24(18)17-3-1-2-4-17/h5-8,17-18H,1-4,9-14H2/t18-/m0/s1. The highest BCUT2D eigenvalue weighted by Gasteiger charge is 2.42. The number of anilines is 1. The van der Waals surface area contributed by atoms with Crippen LogP contribution in [-0.4, -0.2) is 59.9 Å². The maximum absolute atomic E-state index is 13.1. The molecule has 4 rings (SSSR count). The Kier molecular flexibility index (Phi) is 4.83. The summed E-state index contributed by atoms with van der Waals surface area (Å²) < 4.78 is 13.1. The molecule has 0 spiro atoms. The molecular weight excluding hydrogens is 333 g/mol. The maximum atomic E-state index is 13.1. The largest absolute Gasteiger partial charge is 0.368 e. The number of carbonyl (C=O) groups excluding carboxylic acids is 2. The smallest absolute Gasteiger partial charge is 0.245 e. The fraction of sp³-hybridized carbons (Fsp3) is 0.600. The predicted molar refractivity (Wildman–Crippen MR) is 97.3 cm³/mol. The monoisotopic (exact) mass is 359 g/mol. The molecule has 1 saturated carbocycles. The van der Waals surface area contributed by atoms with E-state index < -0.39 is 0 Å². The molecule has 3 fully saturated rings. The molecule has 0 bridgehead atoms. The van der Waals surface area contributed by atoms with Crippen LogP contribution in [0.3, 0.4) is 0 Å². The molecule has 5 nitrogen and oxygen atoms in total. The number of hydrogen-bond donors (Lipinski definition) is 0. The molecule has 140 valence electrons. The van der Waals surface area contributed by atoms with Crippen LogP contribution in [0.15, 0.2) is 24.3 Å². The van der Waals surface area contributed by atoms with Crippen LogP contribution in [0, 0.1) is 5.82 Å². The molecule has 0 aromatic heterocycles. The summed E-state index contributed by atoms with van der Waals surface area (Å²) in [4.78, 5) is 31.4. The normalized spacial score (nSPS) is 24.6. The Morgan fingerprint density at radius 2 is 1.62 bits per heavy atom. The van der Waals surface area contributed by atoms with Crippen molar-refractivity contribution in [1.29, 1.82) is 0 Å². The Morgan fingerprint density at radius 3 is 2.27 bits per heavy atom. The zero-order chi connectivity index (χ0) is 18.1. The first kappa shape index (κ1) is 17.3. The van der Waals surface area contributed by atoms with Crippen LogP contribution in [0.5, 0.6) is 0 Å². The Morgan fingerprint density at radius 1 is 0.962 bits per heavy atom. The van der Waals surface area contributed by atoms with Gasteiger partial charge < -0.3 is 14.7 Å². The van der Waals surface area contributed by atoms with Crippen LogP contribution >= 0.6 is 0 Å². The average molecular weight is 359 g/mol. The lowest BCUT2D eigenvalue weighted by Gasteiger charge is -2.39. The number of likely N-dealkylation sites (tertiary alicyclic amines) is 1. The minimum Gasteiger partial charge on any atom is -0.368 e. The second-order valence-corrected chi connectivity index (χ2v) is 7.58. The summed E-state index contributed by atoms with van der Waals surface area (Å²) in [5, 5.41) is 0. The molecular formula is C20H26FN3O2. The van der Waals surface area contributed by atoms with Gasteiger partial charge in [-0.25, -0.2) is 4.39 Å². The fourth-order valence-electron chi connectivity index (χ4n) is 4.63. The van der Waals surface area contributed by atoms with Gasteiger partial charge in [-0.2, -0.15) is 0 Å². The van der Waals surface area contributed by atoms with Crippen molar-refractivity contribution >= 4 is 17.5 Å². The van der Waals surface area contributed by atoms with E-state index in [0.717, 1.165) is 44.5 Å². The lowest BCUT2D eigenvalue weighted by molar-refractivity contribution is -0.143. The molecule has 0 radical (unpaired) electrons. The summed E-state index contributed by atoms with van der Waals surface area (Å²) in [5.74, 6) is 0.0298. The third-order valence-corrected chi connectivity index (χ3v) is 6.04. The number of piperazine rings is 1. The van der Waals surface area contributed by atoms with E-state index in [4.69, 9.17) is 0 Å². The van der Waals surface area contributed by atoms with Crippen LogP contribution < -0.4 is 4.90 Å². The number of carbonyl (C=O) groups is 2. The van der Waals surface area contributed by atoms with Crippen LogP contribution in [0.25, 0.3) is 0 Å². The zero-order valence-electron chi connectivity index (χ0n) is 15.1. The molecule has 2 saturated heterocycles. The first-order chi connectivity index (χ1) is 12.6. The molecule has 3 aliphatic rings.